The molecule has 0 aromatic rings. The van der Waals surface area contributed by atoms with Gasteiger partial charge in [0.25, 0.3) is 0 Å². The number of carbonyl (C=O) groups is 1. The van der Waals surface area contributed by atoms with E-state index >= 15 is 0 Å². The molecule has 66 valence electrons. The van der Waals surface area contributed by atoms with Crippen molar-refractivity contribution < 1.29 is 25.2 Å². The van der Waals surface area contributed by atoms with E-state index in [4.69, 9.17) is 20.4 Å². The van der Waals surface area contributed by atoms with Gasteiger partial charge in [0.15, 0.2) is 6.10 Å². The van der Waals surface area contributed by atoms with Crippen molar-refractivity contribution in [1.82, 2.24) is 0 Å². The Morgan fingerprint density at radius 2 is 1.82 bits per heavy atom. The quantitative estimate of drug-likeness (QED) is 0.417. The fourth-order valence-corrected chi connectivity index (χ4v) is 0.724. The summed E-state index contributed by atoms with van der Waals surface area (Å²) >= 11 is 2.40. The third-order valence-corrected chi connectivity index (χ3v) is 1.61. The molecule has 0 saturated carbocycles. The Balaban J connectivity index is 4.00. The van der Waals surface area contributed by atoms with Crippen LogP contribution in [0.1, 0.15) is 0 Å². The lowest BCUT2D eigenvalue weighted by atomic mass is 10.1. The fraction of sp³-hybridized carbons (Fsp3) is 0.800. The van der Waals surface area contributed by atoms with E-state index < -0.39 is 29.6 Å². The van der Waals surface area contributed by atoms with Crippen LogP contribution in [0.15, 0.2) is 0 Å². The highest BCUT2D eigenvalue weighted by atomic mass is 79.9. The van der Waals surface area contributed by atoms with Crippen LogP contribution < -0.4 is 0 Å². The first-order valence-electron chi connectivity index (χ1n) is 2.85. The summed E-state index contributed by atoms with van der Waals surface area (Å²) in [7, 11) is 0. The Morgan fingerprint density at radius 1 is 1.36 bits per heavy atom. The van der Waals surface area contributed by atoms with Crippen LogP contribution in [0.2, 0.25) is 0 Å². The molecule has 0 heterocycles. The highest BCUT2D eigenvalue weighted by Gasteiger charge is 2.28. The van der Waals surface area contributed by atoms with E-state index in [0.717, 1.165) is 0 Å². The largest absolute Gasteiger partial charge is 0.394 e. The molecule has 0 aliphatic rings. The summed E-state index contributed by atoms with van der Waals surface area (Å²) < 4.78 is -0.836. The van der Waals surface area contributed by atoms with Crippen molar-refractivity contribution in [3.63, 3.8) is 0 Å². The van der Waals surface area contributed by atoms with Crippen LogP contribution in [0.5, 0.6) is 0 Å². The molecule has 0 aromatic heterocycles. The van der Waals surface area contributed by atoms with Gasteiger partial charge >= 0.3 is 0 Å². The Kier molecular flexibility index (Phi) is 4.78. The minimum Gasteiger partial charge on any atom is -0.394 e. The first kappa shape index (κ1) is 11.0. The Labute approximate surface area is 71.4 Å². The lowest BCUT2D eigenvalue weighted by Crippen LogP contribution is -2.42. The normalized spacial score (nSPS) is 19.0. The summed E-state index contributed by atoms with van der Waals surface area (Å²) in [5.74, 6) is 0. The zero-order valence-corrected chi connectivity index (χ0v) is 7.10. The number of rotatable bonds is 4. The minimum atomic E-state index is -1.71. The maximum Gasteiger partial charge on any atom is 0.228 e. The Morgan fingerprint density at radius 3 is 2.09 bits per heavy atom. The standard InChI is InChI=1S/C5H9BrO5/c6-5(11)4(10)3(9)2(8)1-7/h2-4,7-10H,1H2/t2-,3-,4+/m1/s1. The summed E-state index contributed by atoms with van der Waals surface area (Å²) in [5.41, 5.74) is 0. The SMILES string of the molecule is O=C(Br)[C@@H](O)[C@H](O)[C@H](O)CO. The van der Waals surface area contributed by atoms with Gasteiger partial charge in [0.1, 0.15) is 12.2 Å². The molecule has 0 radical (unpaired) electrons. The van der Waals surface area contributed by atoms with Crippen molar-refractivity contribution in [1.29, 1.82) is 0 Å². The van der Waals surface area contributed by atoms with E-state index in [-0.39, 0.29) is 0 Å². The molecule has 3 atom stereocenters. The molecule has 6 heteroatoms. The monoisotopic (exact) mass is 228 g/mol. The molecule has 0 spiro atoms. The molecule has 5 nitrogen and oxygen atoms in total. The van der Waals surface area contributed by atoms with Crippen LogP contribution in [0.4, 0.5) is 0 Å². The van der Waals surface area contributed by atoms with Gasteiger partial charge < -0.3 is 20.4 Å². The van der Waals surface area contributed by atoms with Crippen LogP contribution in [-0.2, 0) is 4.79 Å². The summed E-state index contributed by atoms with van der Waals surface area (Å²) in [4.78, 5) is 10.3. The molecule has 0 aromatic carbocycles. The lowest BCUT2D eigenvalue weighted by Gasteiger charge is -2.18. The lowest BCUT2D eigenvalue weighted by molar-refractivity contribution is -0.130. The molecule has 11 heavy (non-hydrogen) atoms. The molecule has 0 rings (SSSR count). The molecule has 0 aliphatic heterocycles. The van der Waals surface area contributed by atoms with Gasteiger partial charge in [-0.3, -0.25) is 4.79 Å². The van der Waals surface area contributed by atoms with E-state index in [1.807, 2.05) is 0 Å². The van der Waals surface area contributed by atoms with Gasteiger partial charge in [-0.05, 0) is 15.9 Å². The predicted octanol–water partition coefficient (Wildman–Crippen LogP) is -2.02. The van der Waals surface area contributed by atoms with Crippen LogP contribution in [0, 0.1) is 0 Å². The smallest absolute Gasteiger partial charge is 0.228 e. The van der Waals surface area contributed by atoms with Crippen molar-refractivity contribution in [3.05, 3.63) is 0 Å². The first-order valence-corrected chi connectivity index (χ1v) is 3.64. The highest BCUT2D eigenvalue weighted by molar-refractivity contribution is 9.18. The topological polar surface area (TPSA) is 98.0 Å². The van der Waals surface area contributed by atoms with E-state index in [9.17, 15) is 4.79 Å². The minimum absolute atomic E-state index is 0.710. The second-order valence-electron chi connectivity index (χ2n) is 1.99. The molecule has 0 bridgehead atoms. The molecule has 0 aliphatic carbocycles. The number of hydrogen-bond donors (Lipinski definition) is 4. The summed E-state index contributed by atoms with van der Waals surface area (Å²) in [5, 5.41) is 34.6. The average molecular weight is 229 g/mol. The Bertz CT molecular complexity index is 139. The summed E-state index contributed by atoms with van der Waals surface area (Å²) in [6, 6.07) is 0. The molecular weight excluding hydrogens is 220 g/mol. The van der Waals surface area contributed by atoms with Gasteiger partial charge in [-0.15, -0.1) is 0 Å². The van der Waals surface area contributed by atoms with Crippen molar-refractivity contribution in [2.24, 2.45) is 0 Å². The molecule has 0 saturated heterocycles. The summed E-state index contributed by atoms with van der Waals surface area (Å²) in [6.45, 7) is -0.710. The van der Waals surface area contributed by atoms with Gasteiger partial charge in [-0.1, -0.05) is 0 Å². The van der Waals surface area contributed by atoms with E-state index in [1.165, 1.54) is 0 Å². The third kappa shape index (κ3) is 3.26. The van der Waals surface area contributed by atoms with Gasteiger partial charge in [0, 0.05) is 0 Å². The second kappa shape index (κ2) is 4.78. The number of hydrogen-bond acceptors (Lipinski definition) is 5. The van der Waals surface area contributed by atoms with E-state index in [2.05, 4.69) is 15.9 Å². The van der Waals surface area contributed by atoms with Gasteiger partial charge in [0.2, 0.25) is 4.69 Å². The zero-order valence-electron chi connectivity index (χ0n) is 5.51. The van der Waals surface area contributed by atoms with Crippen LogP contribution in [0.25, 0.3) is 0 Å². The molecular formula is C5H9BrO5. The average Bonchev–Trinajstić information content (AvgIpc) is 2.00. The van der Waals surface area contributed by atoms with E-state index in [1.54, 1.807) is 0 Å². The van der Waals surface area contributed by atoms with Crippen LogP contribution in [-0.4, -0.2) is 50.0 Å². The van der Waals surface area contributed by atoms with Crippen molar-refractivity contribution in [2.75, 3.05) is 6.61 Å². The third-order valence-electron chi connectivity index (χ3n) is 1.14. The number of aliphatic hydroxyl groups excluding tert-OH is 4. The fourth-order valence-electron chi connectivity index (χ4n) is 0.453. The molecule has 0 unspecified atom stereocenters. The Hall–Kier alpha value is -0.0100. The molecule has 0 fully saturated rings. The van der Waals surface area contributed by atoms with Gasteiger partial charge in [-0.2, -0.15) is 0 Å². The van der Waals surface area contributed by atoms with Gasteiger partial charge in [0.05, 0.1) is 6.61 Å². The van der Waals surface area contributed by atoms with Gasteiger partial charge in [-0.25, -0.2) is 0 Å². The number of carbonyl (C=O) groups excluding carboxylic acids is 1. The summed E-state index contributed by atoms with van der Waals surface area (Å²) in [6.07, 6.45) is -4.88. The maximum absolute atomic E-state index is 10.3. The molecule has 4 N–H and O–H groups in total. The molecule has 0 amide bonds. The zero-order chi connectivity index (χ0) is 9.02. The van der Waals surface area contributed by atoms with Crippen LogP contribution in [0.3, 0.4) is 0 Å². The predicted molar refractivity (Wildman–Crippen MR) is 39.0 cm³/mol. The van der Waals surface area contributed by atoms with E-state index in [0.29, 0.717) is 0 Å². The maximum atomic E-state index is 10.3. The van der Waals surface area contributed by atoms with Crippen molar-refractivity contribution >= 4 is 20.6 Å². The first-order chi connectivity index (χ1) is 5.00. The second-order valence-corrected chi connectivity index (χ2v) is 2.77. The van der Waals surface area contributed by atoms with Crippen molar-refractivity contribution in [2.45, 2.75) is 18.3 Å². The van der Waals surface area contributed by atoms with Crippen molar-refractivity contribution in [3.8, 4) is 0 Å². The number of halogens is 1. The highest BCUT2D eigenvalue weighted by Crippen LogP contribution is 2.04. The number of aliphatic hydroxyl groups is 4. The van der Waals surface area contributed by atoms with Crippen LogP contribution >= 0.6 is 15.9 Å².